The van der Waals surface area contributed by atoms with E-state index >= 15 is 0 Å². The molecular formula is C15H19N2O2+. The average molecular weight is 259 g/mol. The van der Waals surface area contributed by atoms with Crippen molar-refractivity contribution in [2.45, 2.75) is 32.2 Å². The van der Waals surface area contributed by atoms with Gasteiger partial charge in [-0.2, -0.15) is 0 Å². The zero-order chi connectivity index (χ0) is 13.1. The molecule has 3 aliphatic rings. The average Bonchev–Trinajstić information content (AvgIpc) is 3.14. The maximum absolute atomic E-state index is 12.5. The summed E-state index contributed by atoms with van der Waals surface area (Å²) in [4.78, 5) is 12.5. The maximum Gasteiger partial charge on any atom is 0.287 e. The van der Waals surface area contributed by atoms with Crippen molar-refractivity contribution in [2.75, 3.05) is 7.05 Å². The number of hydrazine groups is 1. The van der Waals surface area contributed by atoms with Crippen LogP contribution in [0.2, 0.25) is 0 Å². The van der Waals surface area contributed by atoms with E-state index in [1.807, 2.05) is 24.2 Å². The number of hydrazone groups is 1. The first kappa shape index (κ1) is 11.3. The Kier molecular flexibility index (Phi) is 2.20. The van der Waals surface area contributed by atoms with E-state index in [0.717, 1.165) is 11.5 Å². The molecule has 0 spiro atoms. The Bertz CT molecular complexity index is 561. The number of fused-ring (bicyclic) bond motifs is 5. The summed E-state index contributed by atoms with van der Waals surface area (Å²) >= 11 is 0. The normalized spacial score (nSPS) is 39.1. The van der Waals surface area contributed by atoms with Crippen LogP contribution >= 0.6 is 0 Å². The molecule has 4 heteroatoms. The van der Waals surface area contributed by atoms with Gasteiger partial charge in [0, 0.05) is 12.8 Å². The first-order valence-corrected chi connectivity index (χ1v) is 7.12. The molecule has 0 radical (unpaired) electrons. The molecule has 100 valence electrons. The molecule has 0 unspecified atom stereocenters. The van der Waals surface area contributed by atoms with Crippen molar-refractivity contribution in [1.29, 1.82) is 0 Å². The number of hydrogen-bond acceptors (Lipinski definition) is 2. The molecule has 4 nitrogen and oxygen atoms in total. The Morgan fingerprint density at radius 1 is 1.42 bits per heavy atom. The molecule has 1 amide bonds. The van der Waals surface area contributed by atoms with Gasteiger partial charge in [-0.05, 0) is 37.3 Å². The molecule has 2 heterocycles. The van der Waals surface area contributed by atoms with Gasteiger partial charge in [0.05, 0.1) is 13.3 Å². The highest BCUT2D eigenvalue weighted by molar-refractivity contribution is 5.93. The molecule has 4 rings (SSSR count). The number of rotatable bonds is 1. The molecule has 2 bridgehead atoms. The highest BCUT2D eigenvalue weighted by Gasteiger charge is 2.64. The molecule has 1 aromatic heterocycles. The fourth-order valence-corrected chi connectivity index (χ4v) is 4.53. The third-order valence-electron chi connectivity index (χ3n) is 5.30. The van der Waals surface area contributed by atoms with E-state index in [1.165, 1.54) is 19.3 Å². The van der Waals surface area contributed by atoms with Gasteiger partial charge in [-0.1, -0.05) is 0 Å². The van der Waals surface area contributed by atoms with Gasteiger partial charge in [0.15, 0.2) is 11.8 Å². The topological polar surface area (TPSA) is 36.5 Å². The lowest BCUT2D eigenvalue weighted by Crippen LogP contribution is -2.38. The van der Waals surface area contributed by atoms with E-state index in [2.05, 4.69) is 11.6 Å². The summed E-state index contributed by atoms with van der Waals surface area (Å²) in [5.41, 5.74) is 1.06. The predicted molar refractivity (Wildman–Crippen MR) is 69.6 cm³/mol. The van der Waals surface area contributed by atoms with Crippen molar-refractivity contribution in [3.05, 3.63) is 24.2 Å². The summed E-state index contributed by atoms with van der Waals surface area (Å²) in [6, 6.07) is 4.23. The number of carbonyl (C=O) groups excluding carboxylic acids is 1. The van der Waals surface area contributed by atoms with Crippen LogP contribution in [0.4, 0.5) is 0 Å². The summed E-state index contributed by atoms with van der Waals surface area (Å²) < 4.78 is 7.69. The van der Waals surface area contributed by atoms with Gasteiger partial charge in [0.2, 0.25) is 5.71 Å². The predicted octanol–water partition coefficient (Wildman–Crippen LogP) is 1.90. The number of amides is 1. The van der Waals surface area contributed by atoms with Crippen LogP contribution in [-0.2, 0) is 4.79 Å². The van der Waals surface area contributed by atoms with Gasteiger partial charge >= 0.3 is 0 Å². The third kappa shape index (κ3) is 1.34. The first-order valence-electron chi connectivity index (χ1n) is 7.12. The SMILES string of the molecule is C/C(c1ccco1)=[N+]1\[C@@H]2[C@H]3CC[C@H](C3)[C@@H]2C(=O)N1C. The second-order valence-corrected chi connectivity index (χ2v) is 6.12. The van der Waals surface area contributed by atoms with Gasteiger partial charge in [-0.15, -0.1) is 9.69 Å². The minimum Gasteiger partial charge on any atom is -0.458 e. The molecule has 19 heavy (non-hydrogen) atoms. The largest absolute Gasteiger partial charge is 0.458 e. The number of nitrogens with zero attached hydrogens (tertiary/aromatic N) is 2. The molecule has 1 aliphatic heterocycles. The Labute approximate surface area is 112 Å². The maximum atomic E-state index is 12.5. The lowest BCUT2D eigenvalue weighted by atomic mass is 9.85. The van der Waals surface area contributed by atoms with Gasteiger partial charge in [0.25, 0.3) is 5.91 Å². The monoisotopic (exact) mass is 259 g/mol. The van der Waals surface area contributed by atoms with Crippen LogP contribution in [0.1, 0.15) is 31.9 Å². The third-order valence-corrected chi connectivity index (χ3v) is 5.30. The number of hydrogen-bond donors (Lipinski definition) is 0. The van der Waals surface area contributed by atoms with Crippen LogP contribution in [0.25, 0.3) is 0 Å². The lowest BCUT2D eigenvalue weighted by molar-refractivity contribution is -0.684. The van der Waals surface area contributed by atoms with Crippen molar-refractivity contribution in [1.82, 2.24) is 5.01 Å². The fraction of sp³-hybridized carbons (Fsp3) is 0.600. The smallest absolute Gasteiger partial charge is 0.287 e. The lowest BCUT2D eigenvalue weighted by Gasteiger charge is -2.18. The fourth-order valence-electron chi connectivity index (χ4n) is 4.53. The Morgan fingerprint density at radius 3 is 2.95 bits per heavy atom. The van der Waals surface area contributed by atoms with E-state index in [4.69, 9.17) is 4.42 Å². The van der Waals surface area contributed by atoms with Gasteiger partial charge < -0.3 is 4.42 Å². The molecule has 1 aromatic rings. The summed E-state index contributed by atoms with van der Waals surface area (Å²) in [5, 5.41) is 1.82. The zero-order valence-corrected chi connectivity index (χ0v) is 11.4. The summed E-state index contributed by atoms with van der Waals surface area (Å²) in [6.07, 6.45) is 5.43. The van der Waals surface area contributed by atoms with Crippen LogP contribution < -0.4 is 0 Å². The Balaban J connectivity index is 1.84. The van der Waals surface area contributed by atoms with Crippen LogP contribution in [0.3, 0.4) is 0 Å². The Morgan fingerprint density at radius 2 is 2.21 bits per heavy atom. The number of furan rings is 1. The van der Waals surface area contributed by atoms with Crippen LogP contribution in [0, 0.1) is 17.8 Å². The second kappa shape index (κ2) is 3.71. The first-order chi connectivity index (χ1) is 9.18. The van der Waals surface area contributed by atoms with Gasteiger partial charge in [-0.25, -0.2) is 0 Å². The quantitative estimate of drug-likeness (QED) is 0.722. The summed E-state index contributed by atoms with van der Waals surface area (Å²) in [5.74, 6) is 2.66. The van der Waals surface area contributed by atoms with Crippen LogP contribution in [0.5, 0.6) is 0 Å². The molecule has 2 saturated carbocycles. The van der Waals surface area contributed by atoms with Crippen molar-refractivity contribution >= 4 is 11.6 Å². The van der Waals surface area contributed by atoms with Crippen molar-refractivity contribution in [2.24, 2.45) is 17.8 Å². The van der Waals surface area contributed by atoms with Crippen molar-refractivity contribution in [3.8, 4) is 0 Å². The van der Waals surface area contributed by atoms with Gasteiger partial charge in [-0.3, -0.25) is 4.79 Å². The summed E-state index contributed by atoms with van der Waals surface area (Å²) in [7, 11) is 1.90. The number of carbonyl (C=O) groups is 1. The van der Waals surface area contributed by atoms with E-state index < -0.39 is 0 Å². The van der Waals surface area contributed by atoms with Crippen molar-refractivity contribution in [3.63, 3.8) is 0 Å². The molecule has 1 saturated heterocycles. The summed E-state index contributed by atoms with van der Waals surface area (Å²) in [6.45, 7) is 2.05. The molecular weight excluding hydrogens is 240 g/mol. The van der Waals surface area contributed by atoms with E-state index in [9.17, 15) is 4.79 Å². The molecule has 0 N–H and O–H groups in total. The molecule has 0 aromatic carbocycles. The Hall–Kier alpha value is -1.58. The minimum atomic E-state index is 0.216. The van der Waals surface area contributed by atoms with Gasteiger partial charge in [0.1, 0.15) is 5.92 Å². The van der Waals surface area contributed by atoms with E-state index in [-0.39, 0.29) is 5.92 Å². The van der Waals surface area contributed by atoms with Crippen LogP contribution in [-0.4, -0.2) is 34.4 Å². The van der Waals surface area contributed by atoms with Crippen molar-refractivity contribution < 1.29 is 13.9 Å². The van der Waals surface area contributed by atoms with E-state index in [0.29, 0.717) is 23.8 Å². The highest BCUT2D eigenvalue weighted by Crippen LogP contribution is 2.53. The zero-order valence-electron chi connectivity index (χ0n) is 11.4. The standard InChI is InChI=1S/C15H19N2O2/c1-9(12-4-3-7-19-12)17-14-11-6-5-10(8-11)13(14)15(18)16(17)2/h3-4,7,10-11,13-14H,5-6,8H2,1-2H3/q+1/b17-9-/t10-,11+,13+,14-/m1/s1. The van der Waals surface area contributed by atoms with E-state index in [1.54, 1.807) is 6.26 Å². The second-order valence-electron chi connectivity index (χ2n) is 6.12. The van der Waals surface area contributed by atoms with Crippen LogP contribution in [0.15, 0.2) is 22.8 Å². The molecule has 3 fully saturated rings. The minimum absolute atomic E-state index is 0.216. The molecule has 4 atom stereocenters. The highest BCUT2D eigenvalue weighted by atomic mass is 16.3. The molecule has 2 aliphatic carbocycles.